The third-order valence-electron chi connectivity index (χ3n) is 2.68. The number of benzene rings is 1. The molecule has 2 aromatic rings. The van der Waals surface area contributed by atoms with Crippen LogP contribution < -0.4 is 20.7 Å². The summed E-state index contributed by atoms with van der Waals surface area (Å²) in [5, 5.41) is 0. The van der Waals surface area contributed by atoms with Gasteiger partial charge in [-0.25, -0.2) is 10.8 Å². The number of nitrogen functional groups attached to an aromatic ring is 1. The molecule has 1 heterocycles. The molecule has 0 spiro atoms. The summed E-state index contributed by atoms with van der Waals surface area (Å²) in [5.41, 5.74) is 5.01. The van der Waals surface area contributed by atoms with Gasteiger partial charge in [-0.1, -0.05) is 0 Å². The van der Waals surface area contributed by atoms with E-state index < -0.39 is 0 Å². The Morgan fingerprint density at radius 2 is 2.06 bits per heavy atom. The zero-order valence-corrected chi connectivity index (χ0v) is 10.6. The summed E-state index contributed by atoms with van der Waals surface area (Å²) in [6.07, 6.45) is 0. The lowest BCUT2D eigenvalue weighted by Crippen LogP contribution is -2.07. The second-order valence-corrected chi connectivity index (χ2v) is 3.77. The predicted octanol–water partition coefficient (Wildman–Crippen LogP) is 1.69. The number of hydrogen-bond donors (Lipinski definition) is 3. The molecule has 4 N–H and O–H groups in total. The van der Waals surface area contributed by atoms with Gasteiger partial charge >= 0.3 is 0 Å². The fraction of sp³-hybridized carbons (Fsp3) is 0.250. The van der Waals surface area contributed by atoms with Crippen molar-refractivity contribution in [3.63, 3.8) is 0 Å². The molecule has 0 bridgehead atoms. The monoisotopic (exact) mass is 248 g/mol. The highest BCUT2D eigenvalue weighted by molar-refractivity contribution is 5.72. The minimum atomic E-state index is 0.507. The lowest BCUT2D eigenvalue weighted by Gasteiger charge is -2.09. The normalized spacial score (nSPS) is 10.2. The molecule has 2 rings (SSSR count). The maximum atomic E-state index is 5.34. The Balaban J connectivity index is 2.56. The van der Waals surface area contributed by atoms with Crippen LogP contribution in [-0.2, 0) is 0 Å². The van der Waals surface area contributed by atoms with Crippen LogP contribution >= 0.6 is 0 Å². The molecule has 6 heteroatoms. The molecule has 18 heavy (non-hydrogen) atoms. The summed E-state index contributed by atoms with van der Waals surface area (Å²) >= 11 is 0. The number of H-pyrrole nitrogens is 1. The molecule has 0 unspecified atom stereocenters. The molecule has 0 atom stereocenters. The Morgan fingerprint density at radius 3 is 2.61 bits per heavy atom. The van der Waals surface area contributed by atoms with Crippen LogP contribution in [0.1, 0.15) is 5.69 Å². The third kappa shape index (κ3) is 2.10. The van der Waals surface area contributed by atoms with Gasteiger partial charge in [-0.05, 0) is 25.1 Å². The molecule has 0 aliphatic rings. The van der Waals surface area contributed by atoms with E-state index in [0.29, 0.717) is 5.95 Å². The van der Waals surface area contributed by atoms with Crippen LogP contribution in [0.5, 0.6) is 11.5 Å². The molecule has 0 saturated heterocycles. The number of aryl methyl sites for hydroxylation is 1. The van der Waals surface area contributed by atoms with Gasteiger partial charge in [-0.3, -0.25) is 5.43 Å². The number of anilines is 1. The molecule has 0 amide bonds. The largest absolute Gasteiger partial charge is 0.497 e. The van der Waals surface area contributed by atoms with Gasteiger partial charge in [0.2, 0.25) is 5.95 Å². The number of nitrogens with one attached hydrogen (secondary N) is 2. The van der Waals surface area contributed by atoms with E-state index >= 15 is 0 Å². The van der Waals surface area contributed by atoms with E-state index in [1.807, 2.05) is 25.1 Å². The number of aromatic nitrogens is 2. The minimum absolute atomic E-state index is 0.507. The molecule has 1 aromatic carbocycles. The smallest absolute Gasteiger partial charge is 0.215 e. The van der Waals surface area contributed by atoms with E-state index in [9.17, 15) is 0 Å². The van der Waals surface area contributed by atoms with Gasteiger partial charge < -0.3 is 14.5 Å². The van der Waals surface area contributed by atoms with Crippen molar-refractivity contribution < 1.29 is 9.47 Å². The molecular formula is C12H16N4O2. The minimum Gasteiger partial charge on any atom is -0.497 e. The van der Waals surface area contributed by atoms with E-state index in [2.05, 4.69) is 15.4 Å². The number of nitrogens with zero attached hydrogens (tertiary/aromatic N) is 1. The van der Waals surface area contributed by atoms with Crippen LogP contribution in [0, 0.1) is 6.92 Å². The van der Waals surface area contributed by atoms with E-state index in [4.69, 9.17) is 15.3 Å². The predicted molar refractivity (Wildman–Crippen MR) is 69.7 cm³/mol. The molecule has 1 aromatic heterocycles. The van der Waals surface area contributed by atoms with Crippen LogP contribution in [0.3, 0.4) is 0 Å². The van der Waals surface area contributed by atoms with Gasteiger partial charge in [-0.2, -0.15) is 0 Å². The molecule has 0 radical (unpaired) electrons. The van der Waals surface area contributed by atoms with Crippen molar-refractivity contribution in [3.8, 4) is 22.8 Å². The number of hydrazine groups is 1. The summed E-state index contributed by atoms with van der Waals surface area (Å²) < 4.78 is 10.6. The summed E-state index contributed by atoms with van der Waals surface area (Å²) in [7, 11) is 3.24. The molecule has 0 aliphatic carbocycles. The number of nitrogens with two attached hydrogens (primary N) is 1. The van der Waals surface area contributed by atoms with E-state index in [-0.39, 0.29) is 0 Å². The van der Waals surface area contributed by atoms with Crippen molar-refractivity contribution in [2.45, 2.75) is 6.92 Å². The summed E-state index contributed by atoms with van der Waals surface area (Å²) in [6.45, 7) is 1.92. The molecule has 0 fully saturated rings. The van der Waals surface area contributed by atoms with Crippen LogP contribution in [0.4, 0.5) is 5.95 Å². The van der Waals surface area contributed by atoms with Crippen LogP contribution in [0.25, 0.3) is 11.3 Å². The first-order chi connectivity index (χ1) is 8.69. The number of methoxy groups -OCH3 is 2. The second kappa shape index (κ2) is 4.97. The lowest BCUT2D eigenvalue weighted by molar-refractivity contribution is 0.404. The fourth-order valence-electron chi connectivity index (χ4n) is 1.79. The first-order valence-electron chi connectivity index (χ1n) is 5.45. The highest BCUT2D eigenvalue weighted by Crippen LogP contribution is 2.34. The number of aromatic amines is 1. The van der Waals surface area contributed by atoms with E-state index in [0.717, 1.165) is 28.5 Å². The van der Waals surface area contributed by atoms with Crippen LogP contribution in [0.15, 0.2) is 18.2 Å². The lowest BCUT2D eigenvalue weighted by atomic mass is 10.1. The Hall–Kier alpha value is -2.21. The average molecular weight is 248 g/mol. The van der Waals surface area contributed by atoms with Gasteiger partial charge in [-0.15, -0.1) is 0 Å². The summed E-state index contributed by atoms with van der Waals surface area (Å²) in [5.74, 6) is 7.32. The molecule has 6 nitrogen and oxygen atoms in total. The Morgan fingerprint density at radius 1 is 1.28 bits per heavy atom. The molecule has 0 aliphatic heterocycles. The van der Waals surface area contributed by atoms with Crippen molar-refractivity contribution >= 4 is 5.95 Å². The average Bonchev–Trinajstić information content (AvgIpc) is 2.79. The number of imidazole rings is 1. The zero-order valence-electron chi connectivity index (χ0n) is 10.6. The van der Waals surface area contributed by atoms with Gasteiger partial charge in [0.15, 0.2) is 0 Å². The molecule has 0 saturated carbocycles. The first kappa shape index (κ1) is 12.3. The standard InChI is InChI=1S/C12H16N4O2/c1-7-11(15-12(14-7)16-13)9-6-8(17-2)4-5-10(9)18-3/h4-6H,13H2,1-3H3,(H2,14,15,16). The number of rotatable bonds is 4. The van der Waals surface area contributed by atoms with Crippen LogP contribution in [-0.4, -0.2) is 24.2 Å². The molecule has 96 valence electrons. The van der Waals surface area contributed by atoms with Crippen molar-refractivity contribution in [3.05, 3.63) is 23.9 Å². The highest BCUT2D eigenvalue weighted by Gasteiger charge is 2.14. The van der Waals surface area contributed by atoms with Crippen molar-refractivity contribution in [2.24, 2.45) is 5.84 Å². The van der Waals surface area contributed by atoms with E-state index in [1.165, 1.54) is 0 Å². The van der Waals surface area contributed by atoms with Crippen molar-refractivity contribution in [2.75, 3.05) is 19.6 Å². The Bertz CT molecular complexity index is 551. The van der Waals surface area contributed by atoms with E-state index in [1.54, 1.807) is 14.2 Å². The number of hydrogen-bond acceptors (Lipinski definition) is 5. The van der Waals surface area contributed by atoms with Gasteiger partial charge in [0.25, 0.3) is 0 Å². The highest BCUT2D eigenvalue weighted by atomic mass is 16.5. The fourth-order valence-corrected chi connectivity index (χ4v) is 1.79. The van der Waals surface area contributed by atoms with Crippen molar-refractivity contribution in [1.29, 1.82) is 0 Å². The Labute approximate surface area is 105 Å². The maximum absolute atomic E-state index is 5.34. The maximum Gasteiger partial charge on any atom is 0.215 e. The van der Waals surface area contributed by atoms with Crippen molar-refractivity contribution in [1.82, 2.24) is 9.97 Å². The summed E-state index contributed by atoms with van der Waals surface area (Å²) in [6, 6.07) is 5.56. The van der Waals surface area contributed by atoms with Gasteiger partial charge in [0.1, 0.15) is 11.5 Å². The van der Waals surface area contributed by atoms with Gasteiger partial charge in [0, 0.05) is 11.3 Å². The SMILES string of the molecule is COc1ccc(OC)c(-c2nc(NN)[nH]c2C)c1. The third-order valence-corrected chi connectivity index (χ3v) is 2.68. The quantitative estimate of drug-likeness (QED) is 0.566. The second-order valence-electron chi connectivity index (χ2n) is 3.77. The first-order valence-corrected chi connectivity index (χ1v) is 5.45. The summed E-state index contributed by atoms with van der Waals surface area (Å²) in [4.78, 5) is 7.39. The Kier molecular flexibility index (Phi) is 3.38. The zero-order chi connectivity index (χ0) is 13.1. The van der Waals surface area contributed by atoms with Crippen LogP contribution in [0.2, 0.25) is 0 Å². The molecular weight excluding hydrogens is 232 g/mol. The topological polar surface area (TPSA) is 85.2 Å². The van der Waals surface area contributed by atoms with Gasteiger partial charge in [0.05, 0.1) is 19.9 Å². The number of ether oxygens (including phenoxy) is 2.